The second-order valence-corrected chi connectivity index (χ2v) is 5.05. The number of nitrogens with one attached hydrogen (secondary N) is 1. The van der Waals surface area contributed by atoms with Crippen LogP contribution >= 0.6 is 11.3 Å². The predicted octanol–water partition coefficient (Wildman–Crippen LogP) is 3.03. The van der Waals surface area contributed by atoms with Crippen LogP contribution in [0.1, 0.15) is 26.2 Å². The SMILES string of the molecule is CCCN1CCC(Nc2ccsc2)CC1. The summed E-state index contributed by atoms with van der Waals surface area (Å²) < 4.78 is 0. The zero-order valence-electron chi connectivity index (χ0n) is 9.41. The molecule has 2 heterocycles. The van der Waals surface area contributed by atoms with Gasteiger partial charge in [-0.3, -0.25) is 0 Å². The lowest BCUT2D eigenvalue weighted by atomic mass is 10.0. The van der Waals surface area contributed by atoms with Crippen molar-refractivity contribution in [2.24, 2.45) is 0 Å². The number of hydrogen-bond donors (Lipinski definition) is 1. The maximum atomic E-state index is 3.61. The molecule has 0 saturated carbocycles. The lowest BCUT2D eigenvalue weighted by molar-refractivity contribution is 0.219. The van der Waals surface area contributed by atoms with Crippen LogP contribution in [-0.4, -0.2) is 30.6 Å². The largest absolute Gasteiger partial charge is 0.382 e. The van der Waals surface area contributed by atoms with Gasteiger partial charge >= 0.3 is 0 Å². The maximum Gasteiger partial charge on any atom is 0.0450 e. The van der Waals surface area contributed by atoms with E-state index in [1.807, 2.05) is 0 Å². The van der Waals surface area contributed by atoms with Gasteiger partial charge in [-0.25, -0.2) is 0 Å². The molecule has 1 saturated heterocycles. The molecule has 15 heavy (non-hydrogen) atoms. The molecule has 0 aliphatic carbocycles. The van der Waals surface area contributed by atoms with Crippen molar-refractivity contribution < 1.29 is 0 Å². The standard InChI is InChI=1S/C12H20N2S/c1-2-6-14-7-3-11(4-8-14)13-12-5-9-15-10-12/h5,9-11,13H,2-4,6-8H2,1H3. The minimum Gasteiger partial charge on any atom is -0.382 e. The minimum atomic E-state index is 0.688. The van der Waals surface area contributed by atoms with Crippen LogP contribution in [0.25, 0.3) is 0 Å². The number of nitrogens with zero attached hydrogens (tertiary/aromatic N) is 1. The second-order valence-electron chi connectivity index (χ2n) is 4.27. The molecule has 0 amide bonds. The highest BCUT2D eigenvalue weighted by atomic mass is 32.1. The van der Waals surface area contributed by atoms with Crippen LogP contribution in [0.2, 0.25) is 0 Å². The van der Waals surface area contributed by atoms with Gasteiger partial charge in [-0.15, -0.1) is 0 Å². The fourth-order valence-corrected chi connectivity index (χ4v) is 2.80. The van der Waals surface area contributed by atoms with Crippen molar-refractivity contribution in [1.82, 2.24) is 4.90 Å². The van der Waals surface area contributed by atoms with Gasteiger partial charge in [0, 0.05) is 30.2 Å². The molecular formula is C12H20N2S. The van der Waals surface area contributed by atoms with E-state index in [1.165, 1.54) is 44.6 Å². The Morgan fingerprint density at radius 1 is 1.47 bits per heavy atom. The van der Waals surface area contributed by atoms with Crippen molar-refractivity contribution in [3.8, 4) is 0 Å². The van der Waals surface area contributed by atoms with Gasteiger partial charge in [-0.2, -0.15) is 11.3 Å². The van der Waals surface area contributed by atoms with E-state index in [9.17, 15) is 0 Å². The highest BCUT2D eigenvalue weighted by Gasteiger charge is 2.17. The Hall–Kier alpha value is -0.540. The van der Waals surface area contributed by atoms with Crippen LogP contribution < -0.4 is 5.32 Å². The predicted molar refractivity (Wildman–Crippen MR) is 67.7 cm³/mol. The summed E-state index contributed by atoms with van der Waals surface area (Å²) in [5.41, 5.74) is 1.30. The van der Waals surface area contributed by atoms with E-state index in [2.05, 4.69) is 34.0 Å². The monoisotopic (exact) mass is 224 g/mol. The first kappa shape index (κ1) is 11.0. The third-order valence-corrected chi connectivity index (χ3v) is 3.70. The summed E-state index contributed by atoms with van der Waals surface area (Å²) in [6.45, 7) is 6.05. The lowest BCUT2D eigenvalue weighted by Gasteiger charge is -2.32. The van der Waals surface area contributed by atoms with Crippen molar-refractivity contribution in [3.63, 3.8) is 0 Å². The highest BCUT2D eigenvalue weighted by Crippen LogP contribution is 2.18. The first-order valence-electron chi connectivity index (χ1n) is 5.89. The average Bonchev–Trinajstić information content (AvgIpc) is 2.74. The van der Waals surface area contributed by atoms with Gasteiger partial charge in [-0.05, 0) is 37.3 Å². The molecule has 2 nitrogen and oxygen atoms in total. The molecule has 1 aliphatic heterocycles. The molecule has 1 N–H and O–H groups in total. The number of hydrogen-bond acceptors (Lipinski definition) is 3. The second kappa shape index (κ2) is 5.52. The molecule has 0 radical (unpaired) electrons. The van der Waals surface area contributed by atoms with Crippen LogP contribution in [0.15, 0.2) is 16.8 Å². The van der Waals surface area contributed by atoms with Crippen LogP contribution in [-0.2, 0) is 0 Å². The summed E-state index contributed by atoms with van der Waals surface area (Å²) in [7, 11) is 0. The number of anilines is 1. The summed E-state index contributed by atoms with van der Waals surface area (Å²) in [5.74, 6) is 0. The van der Waals surface area contributed by atoms with Crippen LogP contribution in [0, 0.1) is 0 Å². The number of thiophene rings is 1. The van der Waals surface area contributed by atoms with E-state index >= 15 is 0 Å². The highest BCUT2D eigenvalue weighted by molar-refractivity contribution is 7.08. The van der Waals surface area contributed by atoms with Crippen molar-refractivity contribution in [2.75, 3.05) is 25.0 Å². The number of likely N-dealkylation sites (tertiary alicyclic amines) is 1. The van der Waals surface area contributed by atoms with Gasteiger partial charge in [0.1, 0.15) is 0 Å². The quantitative estimate of drug-likeness (QED) is 0.845. The van der Waals surface area contributed by atoms with E-state index in [0.29, 0.717) is 6.04 Å². The fourth-order valence-electron chi connectivity index (χ4n) is 2.20. The summed E-state index contributed by atoms with van der Waals surface area (Å²) in [6, 6.07) is 2.86. The van der Waals surface area contributed by atoms with Crippen molar-refractivity contribution in [1.29, 1.82) is 0 Å². The van der Waals surface area contributed by atoms with Gasteiger partial charge in [0.05, 0.1) is 0 Å². The Bertz CT molecular complexity index is 263. The molecule has 1 fully saturated rings. The van der Waals surface area contributed by atoms with Gasteiger partial charge in [0.15, 0.2) is 0 Å². The van der Waals surface area contributed by atoms with E-state index in [0.717, 1.165) is 0 Å². The third-order valence-electron chi connectivity index (χ3n) is 3.02. The lowest BCUT2D eigenvalue weighted by Crippen LogP contribution is -2.39. The zero-order chi connectivity index (χ0) is 10.5. The minimum absolute atomic E-state index is 0.688. The van der Waals surface area contributed by atoms with Gasteiger partial charge in [-0.1, -0.05) is 6.92 Å². The number of piperidine rings is 1. The Morgan fingerprint density at radius 3 is 2.87 bits per heavy atom. The molecule has 0 unspecified atom stereocenters. The van der Waals surface area contributed by atoms with Gasteiger partial charge in [0.25, 0.3) is 0 Å². The molecule has 3 heteroatoms. The topological polar surface area (TPSA) is 15.3 Å². The normalized spacial score (nSPS) is 19.3. The summed E-state index contributed by atoms with van der Waals surface area (Å²) in [4.78, 5) is 2.58. The van der Waals surface area contributed by atoms with E-state index in [4.69, 9.17) is 0 Å². The Morgan fingerprint density at radius 2 is 2.27 bits per heavy atom. The fraction of sp³-hybridized carbons (Fsp3) is 0.667. The smallest absolute Gasteiger partial charge is 0.0450 e. The number of rotatable bonds is 4. The third kappa shape index (κ3) is 3.21. The molecule has 0 spiro atoms. The van der Waals surface area contributed by atoms with Crippen molar-refractivity contribution in [3.05, 3.63) is 16.8 Å². The summed E-state index contributed by atoms with van der Waals surface area (Å²) in [5, 5.41) is 7.93. The molecule has 0 atom stereocenters. The molecule has 1 aliphatic rings. The van der Waals surface area contributed by atoms with Crippen LogP contribution in [0.3, 0.4) is 0 Å². The van der Waals surface area contributed by atoms with E-state index < -0.39 is 0 Å². The molecule has 0 aromatic carbocycles. The average molecular weight is 224 g/mol. The first-order valence-corrected chi connectivity index (χ1v) is 6.84. The van der Waals surface area contributed by atoms with Gasteiger partial charge < -0.3 is 10.2 Å². The van der Waals surface area contributed by atoms with Crippen LogP contribution in [0.4, 0.5) is 5.69 Å². The molecule has 0 bridgehead atoms. The van der Waals surface area contributed by atoms with Gasteiger partial charge in [0.2, 0.25) is 0 Å². The molecule has 2 rings (SSSR count). The molecule has 1 aromatic rings. The Kier molecular flexibility index (Phi) is 4.03. The molecule has 1 aromatic heterocycles. The van der Waals surface area contributed by atoms with Crippen LogP contribution in [0.5, 0.6) is 0 Å². The van der Waals surface area contributed by atoms with E-state index in [-0.39, 0.29) is 0 Å². The first-order chi connectivity index (χ1) is 7.38. The van der Waals surface area contributed by atoms with E-state index in [1.54, 1.807) is 11.3 Å². The molecule has 84 valence electrons. The Labute approximate surface area is 96.3 Å². The van der Waals surface area contributed by atoms with Crippen molar-refractivity contribution >= 4 is 17.0 Å². The molecular weight excluding hydrogens is 204 g/mol. The Balaban J connectivity index is 1.74. The summed E-state index contributed by atoms with van der Waals surface area (Å²) >= 11 is 1.76. The zero-order valence-corrected chi connectivity index (χ0v) is 10.2. The maximum absolute atomic E-state index is 3.61. The van der Waals surface area contributed by atoms with Crippen molar-refractivity contribution in [2.45, 2.75) is 32.2 Å². The summed E-state index contributed by atoms with van der Waals surface area (Å²) in [6.07, 6.45) is 3.86.